The standard InChI is InChI=1S/C25H53NO2P.HI/c1-5-6-7-8-9-10-11-12-13-14-15-16-17-18-23-29(27,28-4)24-25-19-21-26(2,3)22-20-25;/h25H,5-24H2,1-4H3;1H/q+1;/p-1. The maximum atomic E-state index is 13.1. The van der Waals surface area contributed by atoms with Crippen molar-refractivity contribution < 1.29 is 37.5 Å². The van der Waals surface area contributed by atoms with Crippen LogP contribution in [0.3, 0.4) is 0 Å². The quantitative estimate of drug-likeness (QED) is 0.104. The summed E-state index contributed by atoms with van der Waals surface area (Å²) in [6, 6.07) is 0. The number of nitrogens with zero attached hydrogens (tertiary/aromatic N) is 1. The Kier molecular flexibility index (Phi) is 18.9. The summed E-state index contributed by atoms with van der Waals surface area (Å²) in [5.74, 6) is 0.610. The molecule has 30 heavy (non-hydrogen) atoms. The van der Waals surface area contributed by atoms with E-state index in [9.17, 15) is 4.57 Å². The third-order valence-electron chi connectivity index (χ3n) is 7.01. The SMILES string of the molecule is CCCCCCCCCCCCCCCCP(=O)(CC1CC[N+](C)(C)CC1)OC.[I-]. The zero-order valence-electron chi connectivity index (χ0n) is 20.8. The van der Waals surface area contributed by atoms with Gasteiger partial charge in [-0.15, -0.1) is 0 Å². The predicted molar refractivity (Wildman–Crippen MR) is 129 cm³/mol. The highest BCUT2D eigenvalue weighted by atomic mass is 127. The Bertz CT molecular complexity index is 435. The van der Waals surface area contributed by atoms with Gasteiger partial charge in [0.2, 0.25) is 7.37 Å². The van der Waals surface area contributed by atoms with Gasteiger partial charge >= 0.3 is 0 Å². The number of rotatable bonds is 18. The van der Waals surface area contributed by atoms with E-state index in [4.69, 9.17) is 4.52 Å². The van der Waals surface area contributed by atoms with Crippen molar-refractivity contribution in [1.82, 2.24) is 0 Å². The Labute approximate surface area is 206 Å². The van der Waals surface area contributed by atoms with E-state index in [1.54, 1.807) is 7.11 Å². The van der Waals surface area contributed by atoms with Crippen LogP contribution in [0.15, 0.2) is 0 Å². The molecular weight excluding hydrogens is 504 g/mol. The molecule has 0 bridgehead atoms. The molecule has 0 radical (unpaired) electrons. The molecule has 0 N–H and O–H groups in total. The smallest absolute Gasteiger partial charge is 0.203 e. The van der Waals surface area contributed by atoms with Gasteiger partial charge in [0.25, 0.3) is 0 Å². The summed E-state index contributed by atoms with van der Waals surface area (Å²) < 4.78 is 19.8. The van der Waals surface area contributed by atoms with Crippen molar-refractivity contribution in [2.24, 2.45) is 5.92 Å². The molecule has 1 atom stereocenters. The summed E-state index contributed by atoms with van der Waals surface area (Å²) in [6.45, 7) is 4.72. The fourth-order valence-corrected chi connectivity index (χ4v) is 7.07. The zero-order chi connectivity index (χ0) is 21.4. The van der Waals surface area contributed by atoms with Gasteiger partial charge in [-0.25, -0.2) is 0 Å². The number of likely N-dealkylation sites (tertiary alicyclic amines) is 1. The average Bonchev–Trinajstić information content (AvgIpc) is 2.70. The number of halogens is 1. The van der Waals surface area contributed by atoms with Crippen LogP contribution in [0, 0.1) is 5.92 Å². The highest BCUT2D eigenvalue weighted by Crippen LogP contribution is 2.50. The number of hydrogen-bond donors (Lipinski definition) is 0. The second-order valence-corrected chi connectivity index (χ2v) is 13.1. The molecule has 1 aliphatic heterocycles. The van der Waals surface area contributed by atoms with Crippen LogP contribution in [-0.4, -0.2) is 51.1 Å². The van der Waals surface area contributed by atoms with Crippen molar-refractivity contribution in [3.05, 3.63) is 0 Å². The Morgan fingerprint density at radius 1 is 0.767 bits per heavy atom. The van der Waals surface area contributed by atoms with E-state index in [0.717, 1.165) is 23.2 Å². The van der Waals surface area contributed by atoms with Crippen LogP contribution in [0.4, 0.5) is 0 Å². The lowest BCUT2D eigenvalue weighted by Crippen LogP contribution is -3.00. The largest absolute Gasteiger partial charge is 1.00 e. The summed E-state index contributed by atoms with van der Waals surface area (Å²) in [6.07, 6.45) is 23.2. The van der Waals surface area contributed by atoms with Crippen molar-refractivity contribution in [1.29, 1.82) is 0 Å². The van der Waals surface area contributed by atoms with E-state index in [-0.39, 0.29) is 24.0 Å². The van der Waals surface area contributed by atoms with Crippen LogP contribution < -0.4 is 24.0 Å². The van der Waals surface area contributed by atoms with Crippen LogP contribution >= 0.6 is 7.37 Å². The first-order chi connectivity index (χ1) is 13.9. The Morgan fingerprint density at radius 2 is 1.17 bits per heavy atom. The summed E-state index contributed by atoms with van der Waals surface area (Å²) in [5, 5.41) is 0. The van der Waals surface area contributed by atoms with Gasteiger partial charge in [0.15, 0.2) is 0 Å². The molecule has 0 aromatic carbocycles. The summed E-state index contributed by atoms with van der Waals surface area (Å²) >= 11 is 0. The van der Waals surface area contributed by atoms with Crippen molar-refractivity contribution in [2.75, 3.05) is 46.6 Å². The molecule has 182 valence electrons. The van der Waals surface area contributed by atoms with Gasteiger partial charge in [-0.05, 0) is 12.3 Å². The topological polar surface area (TPSA) is 26.3 Å². The number of quaternary nitrogens is 1. The molecule has 0 aliphatic carbocycles. The first kappa shape index (κ1) is 30.9. The zero-order valence-corrected chi connectivity index (χ0v) is 23.9. The second kappa shape index (κ2) is 18.3. The minimum atomic E-state index is -2.40. The third kappa shape index (κ3) is 15.6. The van der Waals surface area contributed by atoms with Crippen LogP contribution in [0.1, 0.15) is 110 Å². The van der Waals surface area contributed by atoms with Crippen LogP contribution in [-0.2, 0) is 9.09 Å². The average molecular weight is 558 g/mol. The number of piperidine rings is 1. The second-order valence-electron chi connectivity index (χ2n) is 10.3. The first-order valence-electron chi connectivity index (χ1n) is 12.9. The molecular formula is C25H53INO2P. The van der Waals surface area contributed by atoms with Gasteiger partial charge in [0, 0.05) is 32.3 Å². The van der Waals surface area contributed by atoms with Crippen molar-refractivity contribution in [2.45, 2.75) is 110 Å². The summed E-state index contributed by atoms with van der Waals surface area (Å²) in [7, 11) is 3.88. The van der Waals surface area contributed by atoms with Gasteiger partial charge in [-0.1, -0.05) is 90.4 Å². The number of hydrogen-bond acceptors (Lipinski definition) is 2. The van der Waals surface area contributed by atoms with E-state index in [1.807, 2.05) is 0 Å². The Morgan fingerprint density at radius 3 is 1.57 bits per heavy atom. The summed E-state index contributed by atoms with van der Waals surface area (Å²) in [5.41, 5.74) is 0. The molecule has 1 aliphatic rings. The van der Waals surface area contributed by atoms with Gasteiger partial charge in [0.05, 0.1) is 27.2 Å². The molecule has 3 nitrogen and oxygen atoms in total. The molecule has 5 heteroatoms. The first-order valence-corrected chi connectivity index (χ1v) is 14.9. The molecule has 1 heterocycles. The van der Waals surface area contributed by atoms with Crippen molar-refractivity contribution in [3.63, 3.8) is 0 Å². The van der Waals surface area contributed by atoms with Crippen LogP contribution in [0.5, 0.6) is 0 Å². The van der Waals surface area contributed by atoms with E-state index in [0.29, 0.717) is 5.92 Å². The molecule has 1 fully saturated rings. The lowest BCUT2D eigenvalue weighted by atomic mass is 9.98. The Balaban J connectivity index is 0.00000841. The minimum Gasteiger partial charge on any atom is -1.00 e. The van der Waals surface area contributed by atoms with Gasteiger partial charge in [0.1, 0.15) is 0 Å². The molecule has 0 aromatic heterocycles. The van der Waals surface area contributed by atoms with Crippen molar-refractivity contribution >= 4 is 7.37 Å². The van der Waals surface area contributed by atoms with Crippen molar-refractivity contribution in [3.8, 4) is 0 Å². The van der Waals surface area contributed by atoms with Gasteiger partial charge in [-0.3, -0.25) is 4.57 Å². The van der Waals surface area contributed by atoms with E-state index in [2.05, 4.69) is 21.0 Å². The molecule has 0 spiro atoms. The molecule has 0 aromatic rings. The maximum absolute atomic E-state index is 13.1. The number of unbranched alkanes of at least 4 members (excludes halogenated alkanes) is 13. The normalized spacial score (nSPS) is 18.7. The predicted octanol–water partition coefficient (Wildman–Crippen LogP) is 4.88. The summed E-state index contributed by atoms with van der Waals surface area (Å²) in [4.78, 5) is 0. The van der Waals surface area contributed by atoms with Gasteiger partial charge in [-0.2, -0.15) is 0 Å². The van der Waals surface area contributed by atoms with E-state index < -0.39 is 7.37 Å². The fourth-order valence-electron chi connectivity index (χ4n) is 4.70. The van der Waals surface area contributed by atoms with Crippen LogP contribution in [0.2, 0.25) is 0 Å². The lowest BCUT2D eigenvalue weighted by molar-refractivity contribution is -0.896. The van der Waals surface area contributed by atoms with Gasteiger partial charge < -0.3 is 33.0 Å². The highest BCUT2D eigenvalue weighted by Gasteiger charge is 2.32. The Hall–Kier alpha value is 0.880. The van der Waals surface area contributed by atoms with Crippen LogP contribution in [0.25, 0.3) is 0 Å². The maximum Gasteiger partial charge on any atom is 0.203 e. The van der Waals surface area contributed by atoms with E-state index >= 15 is 0 Å². The molecule has 1 unspecified atom stereocenters. The third-order valence-corrected chi connectivity index (χ3v) is 9.74. The molecule has 0 amide bonds. The highest BCUT2D eigenvalue weighted by molar-refractivity contribution is 7.58. The molecule has 0 saturated carbocycles. The van der Waals surface area contributed by atoms with E-state index in [1.165, 1.54) is 109 Å². The molecule has 1 saturated heterocycles. The minimum absolute atomic E-state index is 0. The fraction of sp³-hybridized carbons (Fsp3) is 1.00. The lowest BCUT2D eigenvalue weighted by Gasteiger charge is -2.37. The monoisotopic (exact) mass is 557 g/mol. The molecule has 1 rings (SSSR count).